The third-order valence-corrected chi connectivity index (χ3v) is 0.675. The molecule has 0 aliphatic carbocycles. The van der Waals surface area contributed by atoms with Gasteiger partial charge in [0, 0.05) is 0 Å². The highest BCUT2D eigenvalue weighted by Gasteiger charge is 1.86. The molecule has 0 aliphatic heterocycles. The monoisotopic (exact) mass is 156 g/mol. The van der Waals surface area contributed by atoms with Crippen LogP contribution in [0.4, 0.5) is 0 Å². The Morgan fingerprint density at radius 3 is 2.00 bits per heavy atom. The molecule has 0 unspecified atom stereocenters. The van der Waals surface area contributed by atoms with Gasteiger partial charge in [-0.25, -0.2) is 0 Å². The van der Waals surface area contributed by atoms with Gasteiger partial charge in [-0.2, -0.15) is 0 Å². The van der Waals surface area contributed by atoms with Gasteiger partial charge < -0.3 is 10.0 Å². The van der Waals surface area contributed by atoms with Crippen LogP contribution in [0.2, 0.25) is 6.82 Å². The number of rotatable bonds is 2. The molecule has 0 fully saturated rings. The Labute approximate surface area is 69.4 Å². The van der Waals surface area contributed by atoms with Crippen molar-refractivity contribution in [2.75, 3.05) is 0 Å². The van der Waals surface area contributed by atoms with Gasteiger partial charge in [0.1, 0.15) is 0 Å². The fourth-order valence-electron chi connectivity index (χ4n) is 0.326. The molecule has 0 saturated carbocycles. The van der Waals surface area contributed by atoms with Crippen molar-refractivity contribution < 1.29 is 10.0 Å². The van der Waals surface area contributed by atoms with E-state index in [4.69, 9.17) is 10.0 Å². The summed E-state index contributed by atoms with van der Waals surface area (Å²) in [6.07, 6.45) is 9.36. The van der Waals surface area contributed by atoms with Gasteiger partial charge in [0.25, 0.3) is 0 Å². The molecular weight excluding hydrogens is 139 g/mol. The zero-order chi connectivity index (χ0) is 9.11. The first-order valence-corrected chi connectivity index (χ1v) is 3.79. The highest BCUT2D eigenvalue weighted by Crippen LogP contribution is 1.79. The molecule has 0 spiro atoms. The molecule has 0 amide bonds. The van der Waals surface area contributed by atoms with Crippen molar-refractivity contribution in [3.63, 3.8) is 0 Å². The maximum absolute atomic E-state index is 7.61. The molecule has 64 valence electrons. The van der Waals surface area contributed by atoms with Crippen LogP contribution >= 0.6 is 0 Å². The maximum atomic E-state index is 7.61. The second-order valence-corrected chi connectivity index (χ2v) is 1.99. The van der Waals surface area contributed by atoms with Crippen molar-refractivity contribution in [2.45, 2.75) is 27.1 Å². The maximum Gasteiger partial charge on any atom is 0.448 e. The Hall–Kier alpha value is -0.535. The quantitative estimate of drug-likeness (QED) is 0.471. The number of allylic oxidation sites excluding steroid dienone is 4. The second-order valence-electron chi connectivity index (χ2n) is 1.99. The van der Waals surface area contributed by atoms with Crippen molar-refractivity contribution in [1.82, 2.24) is 0 Å². The zero-order valence-corrected chi connectivity index (χ0v) is 7.49. The highest BCUT2D eigenvalue weighted by molar-refractivity contribution is 6.38. The number of hydrogen-bond donors (Lipinski definition) is 2. The van der Waals surface area contributed by atoms with E-state index in [1.807, 2.05) is 19.1 Å². The Morgan fingerprint density at radius 2 is 1.73 bits per heavy atom. The summed E-state index contributed by atoms with van der Waals surface area (Å²) < 4.78 is 0. The molecule has 3 heteroatoms. The van der Waals surface area contributed by atoms with Gasteiger partial charge in [0.15, 0.2) is 0 Å². The fraction of sp³-hybridized carbons (Fsp3) is 0.500. The molecule has 0 radical (unpaired) electrons. The summed E-state index contributed by atoms with van der Waals surface area (Å²) >= 11 is 0. The predicted octanol–water partition coefficient (Wildman–Crippen LogP) is 1.62. The van der Waals surface area contributed by atoms with E-state index in [0.717, 1.165) is 6.42 Å². The van der Waals surface area contributed by atoms with Crippen LogP contribution in [0.25, 0.3) is 0 Å². The summed E-state index contributed by atoms with van der Waals surface area (Å²) in [6, 6.07) is 0. The first-order valence-electron chi connectivity index (χ1n) is 3.79. The van der Waals surface area contributed by atoms with Crippen molar-refractivity contribution in [3.8, 4) is 0 Å². The fourth-order valence-corrected chi connectivity index (χ4v) is 0.326. The van der Waals surface area contributed by atoms with Gasteiger partial charge >= 0.3 is 7.12 Å². The minimum absolute atomic E-state index is 1.13. The Balaban J connectivity index is 0. The molecule has 0 aromatic rings. The van der Waals surface area contributed by atoms with Crippen molar-refractivity contribution in [1.29, 1.82) is 0 Å². The molecule has 0 saturated heterocycles. The van der Waals surface area contributed by atoms with E-state index in [-0.39, 0.29) is 0 Å². The molecule has 2 nitrogen and oxygen atoms in total. The molecule has 0 aliphatic rings. The molecule has 0 bridgehead atoms. The summed E-state index contributed by atoms with van der Waals surface area (Å²) in [6.45, 7) is 5.42. The van der Waals surface area contributed by atoms with Gasteiger partial charge in [0.2, 0.25) is 0 Å². The zero-order valence-electron chi connectivity index (χ0n) is 7.49. The van der Waals surface area contributed by atoms with E-state index in [1.165, 1.54) is 6.82 Å². The third kappa shape index (κ3) is 43.9. The van der Waals surface area contributed by atoms with Crippen LogP contribution in [0.15, 0.2) is 24.3 Å². The predicted molar refractivity (Wildman–Crippen MR) is 50.3 cm³/mol. The van der Waals surface area contributed by atoms with Gasteiger partial charge in [-0.1, -0.05) is 31.2 Å². The van der Waals surface area contributed by atoms with Gasteiger partial charge in [0.05, 0.1) is 0 Å². The van der Waals surface area contributed by atoms with Crippen molar-refractivity contribution in [2.24, 2.45) is 0 Å². The van der Waals surface area contributed by atoms with E-state index < -0.39 is 7.12 Å². The standard InChI is InChI=1S/C7H12.CH5BO2/c1-3-5-7-6-4-2;1-2(3)4/h3,5-7H,4H2,1-2H3;3-4H,1H3/b5-3-,7-6-;. The van der Waals surface area contributed by atoms with E-state index in [1.54, 1.807) is 0 Å². The lowest BCUT2D eigenvalue weighted by molar-refractivity contribution is 0.417. The van der Waals surface area contributed by atoms with Crippen LogP contribution < -0.4 is 0 Å². The Kier molecular flexibility index (Phi) is 14.5. The van der Waals surface area contributed by atoms with E-state index in [2.05, 4.69) is 19.1 Å². The summed E-state index contributed by atoms with van der Waals surface area (Å²) in [5.74, 6) is 0. The molecular formula is C8H17BO2. The van der Waals surface area contributed by atoms with Gasteiger partial charge in [-0.15, -0.1) is 0 Å². The van der Waals surface area contributed by atoms with Crippen molar-refractivity contribution >= 4 is 7.12 Å². The minimum Gasteiger partial charge on any atom is -0.427 e. The molecule has 2 N–H and O–H groups in total. The SMILES string of the molecule is C/C=C\C=C/CC.CB(O)O. The molecule has 0 aromatic carbocycles. The van der Waals surface area contributed by atoms with E-state index in [9.17, 15) is 0 Å². The topological polar surface area (TPSA) is 40.5 Å². The van der Waals surface area contributed by atoms with Crippen LogP contribution in [0, 0.1) is 0 Å². The summed E-state index contributed by atoms with van der Waals surface area (Å²) in [5.41, 5.74) is 0. The molecule has 11 heavy (non-hydrogen) atoms. The summed E-state index contributed by atoms with van der Waals surface area (Å²) in [7, 11) is -1.17. The average molecular weight is 156 g/mol. The van der Waals surface area contributed by atoms with Crippen molar-refractivity contribution in [3.05, 3.63) is 24.3 Å². The number of hydrogen-bond acceptors (Lipinski definition) is 2. The molecule has 0 rings (SSSR count). The molecule has 0 heterocycles. The van der Waals surface area contributed by atoms with Gasteiger partial charge in [-0.05, 0) is 20.2 Å². The van der Waals surface area contributed by atoms with E-state index >= 15 is 0 Å². The normalized spacial score (nSPS) is 9.91. The lowest BCUT2D eigenvalue weighted by atomic mass is 9.99. The first-order chi connectivity index (χ1) is 5.15. The first kappa shape index (κ1) is 13.1. The lowest BCUT2D eigenvalue weighted by Gasteiger charge is -1.71. The summed E-state index contributed by atoms with van der Waals surface area (Å²) in [4.78, 5) is 0. The van der Waals surface area contributed by atoms with Crippen LogP contribution in [0.3, 0.4) is 0 Å². The second kappa shape index (κ2) is 12.2. The van der Waals surface area contributed by atoms with Gasteiger partial charge in [-0.3, -0.25) is 0 Å². The van der Waals surface area contributed by atoms with E-state index in [0.29, 0.717) is 0 Å². The molecule has 0 atom stereocenters. The largest absolute Gasteiger partial charge is 0.448 e. The van der Waals surface area contributed by atoms with Crippen LogP contribution in [-0.2, 0) is 0 Å². The van der Waals surface area contributed by atoms with Crippen LogP contribution in [0.1, 0.15) is 20.3 Å². The Morgan fingerprint density at radius 1 is 1.27 bits per heavy atom. The van der Waals surface area contributed by atoms with Crippen LogP contribution in [-0.4, -0.2) is 17.2 Å². The third-order valence-electron chi connectivity index (χ3n) is 0.675. The summed E-state index contributed by atoms with van der Waals surface area (Å²) in [5, 5.41) is 15.2. The lowest BCUT2D eigenvalue weighted by Crippen LogP contribution is -2.00. The molecule has 0 aromatic heterocycles. The van der Waals surface area contributed by atoms with Crippen LogP contribution in [0.5, 0.6) is 0 Å². The minimum atomic E-state index is -1.17. The smallest absolute Gasteiger partial charge is 0.427 e. The average Bonchev–Trinajstić information content (AvgIpc) is 1.88. The Bertz CT molecular complexity index is 106. The highest BCUT2D eigenvalue weighted by atomic mass is 16.4.